The van der Waals surface area contributed by atoms with Crippen LogP contribution < -0.4 is 5.73 Å². The summed E-state index contributed by atoms with van der Waals surface area (Å²) in [6.07, 6.45) is 1.51. The number of nitrogen functional groups attached to an aromatic ring is 1. The molecule has 1 aromatic rings. The van der Waals surface area contributed by atoms with Gasteiger partial charge in [-0.25, -0.2) is 0 Å². The van der Waals surface area contributed by atoms with E-state index in [9.17, 15) is 4.79 Å². The Labute approximate surface area is 71.4 Å². The predicted octanol–water partition coefficient (Wildman–Crippen LogP) is 0.841. The molecule has 0 aromatic carbocycles. The molecular weight excluding hydrogens is 154 g/mol. The largest absolute Gasteiger partial charge is 0.383 e. The molecule has 1 heterocycles. The smallest absolute Gasteiger partial charge is 0.170 e. The van der Waals surface area contributed by atoms with Crippen molar-refractivity contribution in [1.29, 1.82) is 0 Å². The standard InChI is InChI=1S/C8H13N3O/c1-5(2)7(12)6-4-10-11(3)8(6)9/h4-5H,9H2,1-3H3. The Bertz CT molecular complexity index is 301. The van der Waals surface area contributed by atoms with Crippen molar-refractivity contribution in [1.82, 2.24) is 9.78 Å². The number of hydrogen-bond acceptors (Lipinski definition) is 3. The highest BCUT2D eigenvalue weighted by atomic mass is 16.1. The van der Waals surface area contributed by atoms with Gasteiger partial charge in [-0.1, -0.05) is 13.8 Å². The molecule has 0 atom stereocenters. The Kier molecular flexibility index (Phi) is 2.17. The number of carbonyl (C=O) groups is 1. The fourth-order valence-electron chi connectivity index (χ4n) is 0.948. The fraction of sp³-hybridized carbons (Fsp3) is 0.500. The van der Waals surface area contributed by atoms with Crippen LogP contribution in [0, 0.1) is 5.92 Å². The molecular formula is C8H13N3O. The lowest BCUT2D eigenvalue weighted by molar-refractivity contribution is 0.0940. The van der Waals surface area contributed by atoms with Gasteiger partial charge >= 0.3 is 0 Å². The van der Waals surface area contributed by atoms with Gasteiger partial charge < -0.3 is 5.73 Å². The zero-order valence-corrected chi connectivity index (χ0v) is 7.53. The van der Waals surface area contributed by atoms with Crippen LogP contribution in [0.1, 0.15) is 24.2 Å². The van der Waals surface area contributed by atoms with Crippen LogP contribution in [0.15, 0.2) is 6.20 Å². The number of rotatable bonds is 2. The van der Waals surface area contributed by atoms with Gasteiger partial charge in [0.15, 0.2) is 5.78 Å². The molecule has 0 aliphatic heterocycles. The molecule has 0 radical (unpaired) electrons. The number of nitrogens with zero attached hydrogens (tertiary/aromatic N) is 2. The van der Waals surface area contributed by atoms with Crippen molar-refractivity contribution < 1.29 is 4.79 Å². The van der Waals surface area contributed by atoms with Crippen molar-refractivity contribution in [3.8, 4) is 0 Å². The second-order valence-electron chi connectivity index (χ2n) is 3.09. The number of ketones is 1. The third-order valence-corrected chi connectivity index (χ3v) is 1.77. The summed E-state index contributed by atoms with van der Waals surface area (Å²) in [5, 5.41) is 3.89. The van der Waals surface area contributed by atoms with Crippen molar-refractivity contribution in [2.45, 2.75) is 13.8 Å². The van der Waals surface area contributed by atoms with Crippen LogP contribution >= 0.6 is 0 Å². The molecule has 4 heteroatoms. The quantitative estimate of drug-likeness (QED) is 0.664. The third kappa shape index (κ3) is 1.32. The fourth-order valence-corrected chi connectivity index (χ4v) is 0.948. The summed E-state index contributed by atoms with van der Waals surface area (Å²) < 4.78 is 1.50. The van der Waals surface area contributed by atoms with Gasteiger partial charge in [0.25, 0.3) is 0 Å². The normalized spacial score (nSPS) is 10.7. The van der Waals surface area contributed by atoms with E-state index in [-0.39, 0.29) is 11.7 Å². The molecule has 0 saturated heterocycles. The topological polar surface area (TPSA) is 60.9 Å². The van der Waals surface area contributed by atoms with Gasteiger partial charge in [0.2, 0.25) is 0 Å². The van der Waals surface area contributed by atoms with E-state index in [4.69, 9.17) is 5.73 Å². The minimum atomic E-state index is -0.0310. The van der Waals surface area contributed by atoms with Crippen LogP contribution in [0.3, 0.4) is 0 Å². The lowest BCUT2D eigenvalue weighted by Crippen LogP contribution is -2.10. The van der Waals surface area contributed by atoms with Crippen LogP contribution in [0.2, 0.25) is 0 Å². The van der Waals surface area contributed by atoms with E-state index < -0.39 is 0 Å². The van der Waals surface area contributed by atoms with Crippen LogP contribution in [0.5, 0.6) is 0 Å². The van der Waals surface area contributed by atoms with Crippen molar-refractivity contribution in [2.75, 3.05) is 5.73 Å². The SMILES string of the molecule is CC(C)C(=O)c1cnn(C)c1N. The van der Waals surface area contributed by atoms with Crippen LogP contribution in [-0.2, 0) is 7.05 Å². The Morgan fingerprint density at radius 3 is 2.58 bits per heavy atom. The molecule has 12 heavy (non-hydrogen) atoms. The minimum Gasteiger partial charge on any atom is -0.383 e. The van der Waals surface area contributed by atoms with Crippen LogP contribution in [-0.4, -0.2) is 15.6 Å². The third-order valence-electron chi connectivity index (χ3n) is 1.77. The van der Waals surface area contributed by atoms with E-state index in [0.717, 1.165) is 0 Å². The summed E-state index contributed by atoms with van der Waals surface area (Å²) in [4.78, 5) is 11.4. The second kappa shape index (κ2) is 2.97. The molecule has 0 aliphatic carbocycles. The highest BCUT2D eigenvalue weighted by Crippen LogP contribution is 2.14. The molecule has 1 aromatic heterocycles. The van der Waals surface area contributed by atoms with Crippen LogP contribution in [0.25, 0.3) is 0 Å². The summed E-state index contributed by atoms with van der Waals surface area (Å²) in [6.45, 7) is 3.68. The minimum absolute atomic E-state index is 0.0310. The lowest BCUT2D eigenvalue weighted by atomic mass is 10.0. The molecule has 0 fully saturated rings. The Morgan fingerprint density at radius 2 is 2.25 bits per heavy atom. The van der Waals surface area contributed by atoms with Gasteiger partial charge in [-0.2, -0.15) is 5.10 Å². The van der Waals surface area contributed by atoms with Crippen molar-refractivity contribution in [2.24, 2.45) is 13.0 Å². The number of aryl methyl sites for hydroxylation is 1. The zero-order valence-electron chi connectivity index (χ0n) is 7.53. The van der Waals surface area contributed by atoms with Gasteiger partial charge in [0.05, 0.1) is 11.8 Å². The maximum atomic E-state index is 11.4. The Morgan fingerprint density at radius 1 is 1.67 bits per heavy atom. The highest BCUT2D eigenvalue weighted by molar-refractivity contribution is 6.01. The second-order valence-corrected chi connectivity index (χ2v) is 3.09. The van der Waals surface area contributed by atoms with E-state index in [1.54, 1.807) is 7.05 Å². The van der Waals surface area contributed by atoms with Crippen molar-refractivity contribution >= 4 is 11.6 Å². The molecule has 0 spiro atoms. The first-order chi connectivity index (χ1) is 5.54. The average Bonchev–Trinajstić information content (AvgIpc) is 2.32. The summed E-state index contributed by atoms with van der Waals surface area (Å²) >= 11 is 0. The van der Waals surface area contributed by atoms with Crippen molar-refractivity contribution in [3.05, 3.63) is 11.8 Å². The molecule has 4 nitrogen and oxygen atoms in total. The molecule has 66 valence electrons. The van der Waals surface area contributed by atoms with E-state index in [1.807, 2.05) is 13.8 Å². The Hall–Kier alpha value is -1.32. The maximum Gasteiger partial charge on any atom is 0.170 e. The lowest BCUT2D eigenvalue weighted by Gasteiger charge is -2.01. The number of hydrogen-bond donors (Lipinski definition) is 1. The number of carbonyl (C=O) groups excluding carboxylic acids is 1. The summed E-state index contributed by atoms with van der Waals surface area (Å²) in [7, 11) is 1.71. The molecule has 0 amide bonds. The monoisotopic (exact) mass is 167 g/mol. The molecule has 2 N–H and O–H groups in total. The average molecular weight is 167 g/mol. The molecule has 0 unspecified atom stereocenters. The maximum absolute atomic E-state index is 11.4. The van der Waals surface area contributed by atoms with Gasteiger partial charge in [0, 0.05) is 13.0 Å². The van der Waals surface area contributed by atoms with Crippen molar-refractivity contribution in [3.63, 3.8) is 0 Å². The molecule has 0 bridgehead atoms. The molecule has 0 aliphatic rings. The first kappa shape index (κ1) is 8.77. The van der Waals surface area contributed by atoms with E-state index in [1.165, 1.54) is 10.9 Å². The molecule has 0 saturated carbocycles. The number of aromatic nitrogens is 2. The summed E-state index contributed by atoms with van der Waals surface area (Å²) in [5.74, 6) is 0.450. The zero-order chi connectivity index (χ0) is 9.30. The summed E-state index contributed by atoms with van der Waals surface area (Å²) in [5.41, 5.74) is 6.14. The first-order valence-corrected chi connectivity index (χ1v) is 3.85. The van der Waals surface area contributed by atoms with E-state index >= 15 is 0 Å². The predicted molar refractivity (Wildman–Crippen MR) is 46.8 cm³/mol. The van der Waals surface area contributed by atoms with E-state index in [2.05, 4.69) is 5.10 Å². The first-order valence-electron chi connectivity index (χ1n) is 3.85. The Balaban J connectivity index is 3.04. The number of anilines is 1. The van der Waals surface area contributed by atoms with Gasteiger partial charge in [0.1, 0.15) is 5.82 Å². The van der Waals surface area contributed by atoms with Crippen LogP contribution in [0.4, 0.5) is 5.82 Å². The number of nitrogens with two attached hydrogens (primary N) is 1. The summed E-state index contributed by atoms with van der Waals surface area (Å²) in [6, 6.07) is 0. The number of Topliss-reactive ketones (excluding diaryl/α,β-unsaturated/α-hetero) is 1. The molecule has 1 rings (SSSR count). The highest BCUT2D eigenvalue weighted by Gasteiger charge is 2.16. The van der Waals surface area contributed by atoms with Gasteiger partial charge in [-0.05, 0) is 0 Å². The van der Waals surface area contributed by atoms with E-state index in [0.29, 0.717) is 11.4 Å². The van der Waals surface area contributed by atoms with Gasteiger partial charge in [-0.15, -0.1) is 0 Å². The van der Waals surface area contributed by atoms with Gasteiger partial charge in [-0.3, -0.25) is 9.48 Å².